The van der Waals surface area contributed by atoms with Crippen molar-refractivity contribution in [3.8, 4) is 0 Å². The van der Waals surface area contributed by atoms with Gasteiger partial charge in [0.05, 0.1) is 30.6 Å². The maximum Gasteiger partial charge on any atom is 0.353 e. The molecule has 0 aliphatic rings. The first-order valence-corrected chi connectivity index (χ1v) is 13.7. The molecule has 0 saturated heterocycles. The van der Waals surface area contributed by atoms with Gasteiger partial charge in [-0.3, -0.25) is 9.13 Å². The monoisotopic (exact) mass is 468 g/mol. The molecule has 0 saturated carbocycles. The molecule has 1 rings (SSSR count). The molecule has 0 bridgehead atoms. The van der Waals surface area contributed by atoms with Crippen molar-refractivity contribution < 1.29 is 27.2 Å². The predicted molar refractivity (Wildman–Crippen MR) is 119 cm³/mol. The van der Waals surface area contributed by atoms with Crippen molar-refractivity contribution in [2.75, 3.05) is 0 Å². The lowest BCUT2D eigenvalue weighted by atomic mass is 10.2. The van der Waals surface area contributed by atoms with E-state index >= 15 is 0 Å². The van der Waals surface area contributed by atoms with Crippen LogP contribution < -0.4 is 0 Å². The molecule has 168 valence electrons. The molecule has 0 aliphatic carbocycles. The molecule has 0 aromatic heterocycles. The SMILES string of the molecule is CC(C)OP(=O)(Cc1ccc(C(Cl)P(=O)(OC(C)C)OC(C)C)cc1)OC(C)C. The summed E-state index contributed by atoms with van der Waals surface area (Å²) in [6, 6.07) is 7.03. The maximum absolute atomic E-state index is 13.2. The topological polar surface area (TPSA) is 71.1 Å². The van der Waals surface area contributed by atoms with Gasteiger partial charge in [-0.15, -0.1) is 11.6 Å². The highest BCUT2D eigenvalue weighted by atomic mass is 35.5. The zero-order valence-electron chi connectivity index (χ0n) is 18.6. The van der Waals surface area contributed by atoms with Crippen LogP contribution >= 0.6 is 26.8 Å². The van der Waals surface area contributed by atoms with Crippen LogP contribution in [0, 0.1) is 0 Å². The van der Waals surface area contributed by atoms with Gasteiger partial charge in [0.15, 0.2) is 5.12 Å². The van der Waals surface area contributed by atoms with Crippen molar-refractivity contribution in [3.05, 3.63) is 35.4 Å². The molecule has 0 N–H and O–H groups in total. The first-order valence-electron chi connectivity index (χ1n) is 9.91. The molecule has 0 spiro atoms. The third kappa shape index (κ3) is 9.23. The lowest BCUT2D eigenvalue weighted by molar-refractivity contribution is 0.139. The second-order valence-corrected chi connectivity index (χ2v) is 12.7. The zero-order valence-corrected chi connectivity index (χ0v) is 21.2. The van der Waals surface area contributed by atoms with E-state index in [4.69, 9.17) is 29.7 Å². The molecule has 9 heteroatoms. The van der Waals surface area contributed by atoms with Crippen LogP contribution in [0.5, 0.6) is 0 Å². The van der Waals surface area contributed by atoms with Gasteiger partial charge in [-0.1, -0.05) is 24.3 Å². The summed E-state index contributed by atoms with van der Waals surface area (Å²) in [5, 5.41) is -0.952. The van der Waals surface area contributed by atoms with Crippen LogP contribution in [0.4, 0.5) is 0 Å². The van der Waals surface area contributed by atoms with Crippen molar-refractivity contribution in [2.24, 2.45) is 0 Å². The van der Waals surface area contributed by atoms with E-state index < -0.39 is 20.3 Å². The van der Waals surface area contributed by atoms with E-state index in [1.54, 1.807) is 52.0 Å². The van der Waals surface area contributed by atoms with Crippen molar-refractivity contribution in [1.29, 1.82) is 0 Å². The molecule has 0 fully saturated rings. The molecule has 0 amide bonds. The van der Waals surface area contributed by atoms with Crippen LogP contribution in [0.2, 0.25) is 0 Å². The average Bonchev–Trinajstić information content (AvgIpc) is 2.51. The molecule has 0 heterocycles. The number of alkyl halides is 1. The Hall–Kier alpha value is -0.190. The first-order chi connectivity index (χ1) is 13.3. The molecule has 1 atom stereocenters. The second-order valence-electron chi connectivity index (χ2n) is 8.00. The Kier molecular flexibility index (Phi) is 10.6. The van der Waals surface area contributed by atoms with Crippen LogP contribution in [0.1, 0.15) is 71.6 Å². The number of hydrogen-bond acceptors (Lipinski definition) is 6. The van der Waals surface area contributed by atoms with Gasteiger partial charge >= 0.3 is 15.2 Å². The fourth-order valence-electron chi connectivity index (χ4n) is 2.65. The Bertz CT molecular complexity index is 690. The molecular formula is C20H35ClO6P2. The fraction of sp³-hybridized carbons (Fsp3) is 0.700. The van der Waals surface area contributed by atoms with Gasteiger partial charge in [0.1, 0.15) is 0 Å². The van der Waals surface area contributed by atoms with Crippen LogP contribution in [0.3, 0.4) is 0 Å². The quantitative estimate of drug-likeness (QED) is 0.233. The summed E-state index contributed by atoms with van der Waals surface area (Å²) in [4.78, 5) is 0. The Morgan fingerprint density at radius 3 is 1.45 bits per heavy atom. The molecule has 29 heavy (non-hydrogen) atoms. The Balaban J connectivity index is 3.06. The van der Waals surface area contributed by atoms with E-state index in [2.05, 4.69) is 0 Å². The summed E-state index contributed by atoms with van der Waals surface area (Å²) in [6.45, 7) is 14.4. The fourth-order valence-corrected chi connectivity index (χ4v) is 7.19. The molecule has 6 nitrogen and oxygen atoms in total. The molecule has 1 aromatic carbocycles. The summed E-state index contributed by atoms with van der Waals surface area (Å²) >= 11 is 6.51. The highest BCUT2D eigenvalue weighted by Crippen LogP contribution is 2.64. The van der Waals surface area contributed by atoms with E-state index in [9.17, 15) is 9.13 Å². The summed E-state index contributed by atoms with van der Waals surface area (Å²) in [6.07, 6.45) is -0.907. The number of benzene rings is 1. The van der Waals surface area contributed by atoms with Gasteiger partial charge in [-0.25, -0.2) is 0 Å². The van der Waals surface area contributed by atoms with Crippen molar-refractivity contribution >= 4 is 26.8 Å². The summed E-state index contributed by atoms with van der Waals surface area (Å²) in [5.74, 6) is 0. The minimum absolute atomic E-state index is 0.138. The third-order valence-corrected chi connectivity index (χ3v) is 8.86. The summed E-state index contributed by atoms with van der Waals surface area (Å²) in [7, 11) is -6.88. The van der Waals surface area contributed by atoms with Crippen LogP contribution in [0.25, 0.3) is 0 Å². The van der Waals surface area contributed by atoms with E-state index in [0.29, 0.717) is 5.56 Å². The number of hydrogen-bond donors (Lipinski definition) is 0. The van der Waals surface area contributed by atoms with E-state index in [1.165, 1.54) is 0 Å². The predicted octanol–water partition coefficient (Wildman–Crippen LogP) is 7.51. The van der Waals surface area contributed by atoms with E-state index in [1.807, 2.05) is 27.7 Å². The zero-order chi connectivity index (χ0) is 22.4. The first kappa shape index (κ1) is 26.8. The van der Waals surface area contributed by atoms with Gasteiger partial charge in [0.25, 0.3) is 0 Å². The minimum Gasteiger partial charge on any atom is -0.306 e. The summed E-state index contributed by atoms with van der Waals surface area (Å²) < 4.78 is 48.6. The van der Waals surface area contributed by atoms with Gasteiger partial charge < -0.3 is 18.1 Å². The highest BCUT2D eigenvalue weighted by Gasteiger charge is 2.38. The lowest BCUT2D eigenvalue weighted by Gasteiger charge is -2.27. The van der Waals surface area contributed by atoms with Gasteiger partial charge in [-0.05, 0) is 66.5 Å². The van der Waals surface area contributed by atoms with Crippen molar-refractivity contribution in [3.63, 3.8) is 0 Å². The van der Waals surface area contributed by atoms with Gasteiger partial charge in [0, 0.05) is 0 Å². The second kappa shape index (κ2) is 11.4. The molecule has 1 aromatic rings. The Morgan fingerprint density at radius 1 is 0.724 bits per heavy atom. The van der Waals surface area contributed by atoms with Crippen molar-refractivity contribution in [1.82, 2.24) is 0 Å². The van der Waals surface area contributed by atoms with Crippen LogP contribution in [0.15, 0.2) is 24.3 Å². The largest absolute Gasteiger partial charge is 0.353 e. The van der Waals surface area contributed by atoms with Gasteiger partial charge in [0.2, 0.25) is 0 Å². The third-order valence-electron chi connectivity index (χ3n) is 3.37. The Labute approximate surface area is 180 Å². The molecule has 1 unspecified atom stereocenters. The smallest absolute Gasteiger partial charge is 0.306 e. The molecule has 0 radical (unpaired) electrons. The lowest BCUT2D eigenvalue weighted by Crippen LogP contribution is -2.11. The van der Waals surface area contributed by atoms with Crippen molar-refractivity contribution in [2.45, 2.75) is 91.1 Å². The number of rotatable bonds is 12. The minimum atomic E-state index is -3.58. The average molecular weight is 469 g/mol. The Morgan fingerprint density at radius 2 is 1.10 bits per heavy atom. The molecule has 0 aliphatic heterocycles. The van der Waals surface area contributed by atoms with Gasteiger partial charge in [-0.2, -0.15) is 0 Å². The van der Waals surface area contributed by atoms with E-state index in [0.717, 1.165) is 5.56 Å². The molecular weight excluding hydrogens is 434 g/mol. The van der Waals surface area contributed by atoms with Crippen LogP contribution in [-0.2, 0) is 33.4 Å². The highest BCUT2D eigenvalue weighted by molar-refractivity contribution is 7.56. The standard InChI is InChI=1S/C20H35ClO6P2/c1-14(2)24-28(22,25-15(3)4)13-18-9-11-19(12-10-18)20(21)29(23,26-16(5)6)27-17(7)8/h9-12,14-17,20H,13H2,1-8H3. The number of halogens is 1. The maximum atomic E-state index is 13.2. The normalized spacial score (nSPS) is 14.4. The van der Waals surface area contributed by atoms with Crippen LogP contribution in [-0.4, -0.2) is 24.4 Å². The summed E-state index contributed by atoms with van der Waals surface area (Å²) in [5.41, 5.74) is 1.37. The van der Waals surface area contributed by atoms with E-state index in [-0.39, 0.29) is 30.6 Å².